The lowest BCUT2D eigenvalue weighted by Gasteiger charge is -2.38. The summed E-state index contributed by atoms with van der Waals surface area (Å²) in [4.78, 5) is 28.0. The van der Waals surface area contributed by atoms with E-state index >= 15 is 0 Å². The van der Waals surface area contributed by atoms with Crippen molar-refractivity contribution in [2.45, 2.75) is 44.2 Å². The van der Waals surface area contributed by atoms with Crippen LogP contribution in [0.3, 0.4) is 0 Å². The molecule has 2 fully saturated rings. The van der Waals surface area contributed by atoms with E-state index in [-0.39, 0.29) is 24.8 Å². The average molecular weight is 338 g/mol. The molecular formula is C17H20F2N2O3. The standard InChI is InChI=1S/C17H20F2N2O3/c18-13-5-4-12(9-14(13)19)21-16(23)10-15(17(21)24)20-7-2-1-3-11(20)6-8-22/h4-5,9,11,15,22H,1-3,6-8,10H2/t11-,15-/m1/s1. The number of nitrogens with zero attached hydrogens (tertiary/aromatic N) is 2. The van der Waals surface area contributed by atoms with Gasteiger partial charge in [0.2, 0.25) is 5.91 Å². The van der Waals surface area contributed by atoms with Crippen LogP contribution < -0.4 is 4.90 Å². The van der Waals surface area contributed by atoms with Crippen LogP contribution in [0.25, 0.3) is 0 Å². The van der Waals surface area contributed by atoms with Crippen LogP contribution in [0.2, 0.25) is 0 Å². The molecule has 1 aromatic carbocycles. The highest BCUT2D eigenvalue weighted by atomic mass is 19.2. The fourth-order valence-electron chi connectivity index (χ4n) is 3.66. The molecule has 3 rings (SSSR count). The molecule has 2 aliphatic rings. The van der Waals surface area contributed by atoms with E-state index in [1.165, 1.54) is 6.07 Å². The number of aliphatic hydroxyl groups is 1. The van der Waals surface area contributed by atoms with Gasteiger partial charge in [-0.2, -0.15) is 0 Å². The lowest BCUT2D eigenvalue weighted by molar-refractivity contribution is -0.123. The van der Waals surface area contributed by atoms with Crippen LogP contribution in [0.5, 0.6) is 0 Å². The van der Waals surface area contributed by atoms with Crippen molar-refractivity contribution >= 4 is 17.5 Å². The van der Waals surface area contributed by atoms with E-state index < -0.39 is 29.5 Å². The minimum Gasteiger partial charge on any atom is -0.396 e. The monoisotopic (exact) mass is 338 g/mol. The summed E-state index contributed by atoms with van der Waals surface area (Å²) >= 11 is 0. The molecule has 0 aromatic heterocycles. The van der Waals surface area contributed by atoms with Crippen LogP contribution in [0.1, 0.15) is 32.1 Å². The van der Waals surface area contributed by atoms with Gasteiger partial charge in [0.1, 0.15) is 0 Å². The first-order chi connectivity index (χ1) is 11.5. The van der Waals surface area contributed by atoms with Gasteiger partial charge in [0.25, 0.3) is 5.91 Å². The molecule has 1 N–H and O–H groups in total. The average Bonchev–Trinajstić information content (AvgIpc) is 2.86. The van der Waals surface area contributed by atoms with Crippen LogP contribution in [-0.2, 0) is 9.59 Å². The number of amides is 2. The summed E-state index contributed by atoms with van der Waals surface area (Å²) < 4.78 is 26.5. The predicted octanol–water partition coefficient (Wildman–Crippen LogP) is 1.83. The van der Waals surface area contributed by atoms with Crippen molar-refractivity contribution in [2.24, 2.45) is 0 Å². The number of anilines is 1. The van der Waals surface area contributed by atoms with Gasteiger partial charge in [-0.05, 0) is 37.9 Å². The summed E-state index contributed by atoms with van der Waals surface area (Å²) in [6, 6.07) is 2.49. The number of aliphatic hydroxyl groups excluding tert-OH is 1. The maximum absolute atomic E-state index is 13.4. The van der Waals surface area contributed by atoms with Crippen LogP contribution >= 0.6 is 0 Å². The Balaban J connectivity index is 1.84. The van der Waals surface area contributed by atoms with Crippen molar-refractivity contribution in [2.75, 3.05) is 18.1 Å². The molecule has 0 unspecified atom stereocenters. The second-order valence-corrected chi connectivity index (χ2v) is 6.29. The Bertz CT molecular complexity index is 651. The molecule has 2 atom stereocenters. The largest absolute Gasteiger partial charge is 0.396 e. The van der Waals surface area contributed by atoms with Crippen LogP contribution in [0.4, 0.5) is 14.5 Å². The van der Waals surface area contributed by atoms with E-state index in [0.29, 0.717) is 13.0 Å². The summed E-state index contributed by atoms with van der Waals surface area (Å²) in [7, 11) is 0. The summed E-state index contributed by atoms with van der Waals surface area (Å²) in [5.74, 6) is -2.93. The van der Waals surface area contributed by atoms with Crippen LogP contribution in [-0.4, -0.2) is 47.1 Å². The molecule has 2 saturated heterocycles. The van der Waals surface area contributed by atoms with Gasteiger partial charge < -0.3 is 5.11 Å². The number of piperidine rings is 1. The molecule has 24 heavy (non-hydrogen) atoms. The zero-order chi connectivity index (χ0) is 17.3. The zero-order valence-electron chi connectivity index (χ0n) is 13.3. The molecule has 0 bridgehead atoms. The quantitative estimate of drug-likeness (QED) is 0.851. The van der Waals surface area contributed by atoms with E-state index in [0.717, 1.165) is 36.3 Å². The molecule has 2 aliphatic heterocycles. The van der Waals surface area contributed by atoms with Gasteiger partial charge in [0.05, 0.1) is 18.2 Å². The molecule has 130 valence electrons. The fourth-order valence-corrected chi connectivity index (χ4v) is 3.66. The van der Waals surface area contributed by atoms with Crippen molar-refractivity contribution in [3.63, 3.8) is 0 Å². The lowest BCUT2D eigenvalue weighted by Crippen LogP contribution is -2.50. The first-order valence-corrected chi connectivity index (χ1v) is 8.21. The van der Waals surface area contributed by atoms with Crippen molar-refractivity contribution < 1.29 is 23.5 Å². The summed E-state index contributed by atoms with van der Waals surface area (Å²) in [5, 5.41) is 9.22. The van der Waals surface area contributed by atoms with Gasteiger partial charge in [0, 0.05) is 18.7 Å². The third-order valence-corrected chi connectivity index (χ3v) is 4.82. The van der Waals surface area contributed by atoms with Gasteiger partial charge in [-0.1, -0.05) is 6.42 Å². The third kappa shape index (κ3) is 3.06. The number of carbonyl (C=O) groups is 2. The summed E-state index contributed by atoms with van der Waals surface area (Å²) in [6.07, 6.45) is 3.43. The molecule has 2 heterocycles. The molecule has 0 spiro atoms. The Morgan fingerprint density at radius 1 is 1.17 bits per heavy atom. The number of hydrogen-bond acceptors (Lipinski definition) is 4. The maximum atomic E-state index is 13.4. The van der Waals surface area contributed by atoms with Crippen molar-refractivity contribution in [1.82, 2.24) is 4.90 Å². The molecular weight excluding hydrogens is 318 g/mol. The minimum absolute atomic E-state index is 0.0275. The van der Waals surface area contributed by atoms with E-state index in [4.69, 9.17) is 0 Å². The summed E-state index contributed by atoms with van der Waals surface area (Å²) in [6.45, 7) is 0.725. The van der Waals surface area contributed by atoms with Gasteiger partial charge in [-0.25, -0.2) is 13.7 Å². The number of likely N-dealkylation sites (tertiary alicyclic amines) is 1. The van der Waals surface area contributed by atoms with Crippen LogP contribution in [0, 0.1) is 11.6 Å². The second-order valence-electron chi connectivity index (χ2n) is 6.29. The number of benzene rings is 1. The highest BCUT2D eigenvalue weighted by molar-refractivity contribution is 6.22. The molecule has 7 heteroatoms. The normalized spacial score (nSPS) is 25.5. The Morgan fingerprint density at radius 3 is 2.67 bits per heavy atom. The first-order valence-electron chi connectivity index (χ1n) is 8.21. The zero-order valence-corrected chi connectivity index (χ0v) is 13.3. The van der Waals surface area contributed by atoms with Crippen molar-refractivity contribution in [3.8, 4) is 0 Å². The van der Waals surface area contributed by atoms with E-state index in [2.05, 4.69) is 0 Å². The van der Waals surface area contributed by atoms with Gasteiger partial charge in [-0.3, -0.25) is 14.5 Å². The topological polar surface area (TPSA) is 60.9 Å². The number of carbonyl (C=O) groups excluding carboxylic acids is 2. The Morgan fingerprint density at radius 2 is 1.96 bits per heavy atom. The molecule has 2 amide bonds. The highest BCUT2D eigenvalue weighted by Gasteiger charge is 2.45. The Labute approximate surface area is 138 Å². The van der Waals surface area contributed by atoms with Gasteiger partial charge in [0.15, 0.2) is 11.6 Å². The summed E-state index contributed by atoms with van der Waals surface area (Å²) in [5.41, 5.74) is 0.0575. The number of imide groups is 1. The van der Waals surface area contributed by atoms with Gasteiger partial charge >= 0.3 is 0 Å². The molecule has 0 saturated carbocycles. The van der Waals surface area contributed by atoms with E-state index in [1.54, 1.807) is 0 Å². The molecule has 0 radical (unpaired) electrons. The fraction of sp³-hybridized carbons (Fsp3) is 0.529. The smallest absolute Gasteiger partial charge is 0.251 e. The van der Waals surface area contributed by atoms with E-state index in [9.17, 15) is 23.5 Å². The predicted molar refractivity (Wildman–Crippen MR) is 83.3 cm³/mol. The SMILES string of the molecule is O=C1C[C@@H](N2CCCC[C@@H]2CCO)C(=O)N1c1ccc(F)c(F)c1. The third-order valence-electron chi connectivity index (χ3n) is 4.82. The van der Waals surface area contributed by atoms with Gasteiger partial charge in [-0.15, -0.1) is 0 Å². The second kappa shape index (κ2) is 6.94. The van der Waals surface area contributed by atoms with Crippen molar-refractivity contribution in [3.05, 3.63) is 29.8 Å². The number of halogens is 2. The van der Waals surface area contributed by atoms with Crippen LogP contribution in [0.15, 0.2) is 18.2 Å². The highest BCUT2D eigenvalue weighted by Crippen LogP contribution is 2.31. The first kappa shape index (κ1) is 17.0. The number of hydrogen-bond donors (Lipinski definition) is 1. The Hall–Kier alpha value is -1.86. The minimum atomic E-state index is -1.09. The molecule has 5 nitrogen and oxygen atoms in total. The van der Waals surface area contributed by atoms with E-state index in [1.807, 2.05) is 4.90 Å². The van der Waals surface area contributed by atoms with Crippen molar-refractivity contribution in [1.29, 1.82) is 0 Å². The molecule has 0 aliphatic carbocycles. The lowest BCUT2D eigenvalue weighted by atomic mass is 9.97. The number of rotatable bonds is 4. The Kier molecular flexibility index (Phi) is 4.91. The maximum Gasteiger partial charge on any atom is 0.251 e. The molecule has 1 aromatic rings.